The molecule has 0 aliphatic carbocycles. The van der Waals surface area contributed by atoms with Gasteiger partial charge in [-0.3, -0.25) is 0 Å². The molecule has 3 heteroatoms. The molecule has 0 atom stereocenters. The van der Waals surface area contributed by atoms with Gasteiger partial charge in [0.25, 0.3) is 0 Å². The first-order valence-corrected chi connectivity index (χ1v) is 15.4. The summed E-state index contributed by atoms with van der Waals surface area (Å²) in [5.41, 5.74) is 0. The van der Waals surface area contributed by atoms with E-state index in [4.69, 9.17) is 0 Å². The minimum Gasteiger partial charge on any atom is -0.247 e. The Kier molecular flexibility index (Phi) is 21.0. The predicted molar refractivity (Wildman–Crippen MR) is 128 cm³/mol. The van der Waals surface area contributed by atoms with Crippen LogP contribution in [-0.4, -0.2) is 14.3 Å². The molecule has 0 aromatic carbocycles. The molecule has 0 fully saturated rings. The minimum atomic E-state index is -1.80. The molecular formula is C25H51NOSi. The third-order valence-electron chi connectivity index (χ3n) is 6.27. The smallest absolute Gasteiger partial charge is 0.224 e. The lowest BCUT2D eigenvalue weighted by Crippen LogP contribution is -2.32. The van der Waals surface area contributed by atoms with Gasteiger partial charge in [-0.15, -0.1) is 0 Å². The second-order valence-corrected chi connectivity index (χ2v) is 13.2. The maximum absolute atomic E-state index is 11.3. The standard InChI is InChI=1S/C25H51NOSi/c1-4-7-10-13-16-19-22-28(26-25-27,23-20-17-14-11-8-5-2)24-21-18-15-12-9-6-3/h4-24H2,1-3H3. The quantitative estimate of drug-likeness (QED) is 0.0757. The first-order chi connectivity index (χ1) is 13.7. The maximum Gasteiger partial charge on any atom is 0.224 e. The Morgan fingerprint density at radius 1 is 0.500 bits per heavy atom. The SMILES string of the molecule is CCCCCCCC[Si](CCCCCCCC)(CCCCCCCC)N=C=O. The minimum absolute atomic E-state index is 1.23. The fraction of sp³-hybridized carbons (Fsp3) is 0.960. The van der Waals surface area contributed by atoms with Gasteiger partial charge in [0.1, 0.15) is 0 Å². The summed E-state index contributed by atoms with van der Waals surface area (Å²) in [7, 11) is -1.80. The van der Waals surface area contributed by atoms with E-state index in [1.165, 1.54) is 134 Å². The first-order valence-electron chi connectivity index (χ1n) is 12.8. The molecule has 0 spiro atoms. The van der Waals surface area contributed by atoms with E-state index in [0.717, 1.165) is 0 Å². The van der Waals surface area contributed by atoms with Crippen LogP contribution < -0.4 is 0 Å². The Morgan fingerprint density at radius 3 is 1.07 bits per heavy atom. The molecule has 0 N–H and O–H groups in total. The normalized spacial score (nSPS) is 11.5. The van der Waals surface area contributed by atoms with Gasteiger partial charge in [0.05, 0.1) is 0 Å². The lowest BCUT2D eigenvalue weighted by Gasteiger charge is -2.26. The average Bonchev–Trinajstić information content (AvgIpc) is 2.70. The Bertz CT molecular complexity index is 325. The van der Waals surface area contributed by atoms with E-state index in [0.29, 0.717) is 0 Å². The highest BCUT2D eigenvalue weighted by Crippen LogP contribution is 2.31. The summed E-state index contributed by atoms with van der Waals surface area (Å²) >= 11 is 0. The molecule has 2 nitrogen and oxygen atoms in total. The second kappa shape index (κ2) is 21.3. The van der Waals surface area contributed by atoms with Crippen molar-refractivity contribution in [3.05, 3.63) is 0 Å². The van der Waals surface area contributed by atoms with Crippen molar-refractivity contribution in [2.45, 2.75) is 154 Å². The lowest BCUT2D eigenvalue weighted by atomic mass is 10.1. The van der Waals surface area contributed by atoms with E-state index in [1.807, 2.05) is 6.08 Å². The van der Waals surface area contributed by atoms with Crippen LogP contribution in [0.3, 0.4) is 0 Å². The molecule has 0 aromatic rings. The van der Waals surface area contributed by atoms with Crippen molar-refractivity contribution in [2.75, 3.05) is 0 Å². The van der Waals surface area contributed by atoms with Gasteiger partial charge in [0.15, 0.2) is 8.24 Å². The number of isocyanates is 1. The number of nitrogens with zero attached hydrogens (tertiary/aromatic N) is 1. The molecule has 166 valence electrons. The van der Waals surface area contributed by atoms with E-state index in [1.54, 1.807) is 0 Å². The van der Waals surface area contributed by atoms with E-state index in [2.05, 4.69) is 25.4 Å². The molecule has 28 heavy (non-hydrogen) atoms. The number of hydrogen-bond acceptors (Lipinski definition) is 2. The Hall–Kier alpha value is -0.403. The van der Waals surface area contributed by atoms with Crippen LogP contribution in [0.15, 0.2) is 4.66 Å². The number of hydrogen-bond donors (Lipinski definition) is 0. The lowest BCUT2D eigenvalue weighted by molar-refractivity contribution is 0.565. The molecule has 0 aliphatic heterocycles. The Balaban J connectivity index is 4.46. The number of rotatable bonds is 22. The summed E-state index contributed by atoms with van der Waals surface area (Å²) in [5, 5.41) is 0. The molecule has 0 aliphatic rings. The van der Waals surface area contributed by atoms with E-state index in [-0.39, 0.29) is 0 Å². The largest absolute Gasteiger partial charge is 0.247 e. The van der Waals surface area contributed by atoms with Crippen LogP contribution in [0.4, 0.5) is 0 Å². The number of unbranched alkanes of at least 4 members (excludes halogenated alkanes) is 15. The van der Waals surface area contributed by atoms with Gasteiger partial charge >= 0.3 is 0 Å². The summed E-state index contributed by atoms with van der Waals surface area (Å²) in [5.74, 6) is 0. The Labute approximate surface area is 178 Å². The topological polar surface area (TPSA) is 29.4 Å². The summed E-state index contributed by atoms with van der Waals surface area (Å²) in [6, 6.07) is 3.70. The molecule has 0 amide bonds. The molecule has 0 bridgehead atoms. The van der Waals surface area contributed by atoms with Gasteiger partial charge < -0.3 is 0 Å². The van der Waals surface area contributed by atoms with Crippen molar-refractivity contribution in [1.82, 2.24) is 0 Å². The fourth-order valence-corrected chi connectivity index (χ4v) is 8.35. The zero-order valence-electron chi connectivity index (χ0n) is 19.7. The van der Waals surface area contributed by atoms with E-state index in [9.17, 15) is 4.79 Å². The monoisotopic (exact) mass is 409 g/mol. The van der Waals surface area contributed by atoms with Crippen molar-refractivity contribution in [1.29, 1.82) is 0 Å². The van der Waals surface area contributed by atoms with Crippen LogP contribution >= 0.6 is 0 Å². The molecule has 0 saturated carbocycles. The summed E-state index contributed by atoms with van der Waals surface area (Å²) in [6.07, 6.45) is 26.1. The van der Waals surface area contributed by atoms with Crippen molar-refractivity contribution in [3.8, 4) is 0 Å². The van der Waals surface area contributed by atoms with Gasteiger partial charge in [-0.2, -0.15) is 0 Å². The predicted octanol–water partition coefficient (Wildman–Crippen LogP) is 9.35. The van der Waals surface area contributed by atoms with Crippen LogP contribution in [0.5, 0.6) is 0 Å². The van der Waals surface area contributed by atoms with Crippen molar-refractivity contribution in [3.63, 3.8) is 0 Å². The van der Waals surface area contributed by atoms with Crippen LogP contribution in [0.1, 0.15) is 136 Å². The van der Waals surface area contributed by atoms with Gasteiger partial charge in [0, 0.05) is 0 Å². The Morgan fingerprint density at radius 2 is 0.786 bits per heavy atom. The highest BCUT2D eigenvalue weighted by molar-refractivity contribution is 6.78. The number of carbonyl (C=O) groups excluding carboxylic acids is 1. The summed E-state index contributed by atoms with van der Waals surface area (Å²) < 4.78 is 4.59. The van der Waals surface area contributed by atoms with Gasteiger partial charge in [0.2, 0.25) is 6.08 Å². The summed E-state index contributed by atoms with van der Waals surface area (Å²) in [4.78, 5) is 11.3. The molecule has 0 saturated heterocycles. The van der Waals surface area contributed by atoms with Crippen molar-refractivity contribution in [2.24, 2.45) is 4.66 Å². The van der Waals surface area contributed by atoms with Gasteiger partial charge in [-0.1, -0.05) is 136 Å². The highest BCUT2D eigenvalue weighted by Gasteiger charge is 2.32. The highest BCUT2D eigenvalue weighted by atomic mass is 28.3. The van der Waals surface area contributed by atoms with E-state index >= 15 is 0 Å². The zero-order chi connectivity index (χ0) is 20.8. The van der Waals surface area contributed by atoms with Crippen LogP contribution in [0, 0.1) is 0 Å². The van der Waals surface area contributed by atoms with Crippen molar-refractivity contribution >= 4 is 14.3 Å². The second-order valence-electron chi connectivity index (χ2n) is 8.98. The molecule has 0 unspecified atom stereocenters. The molecular weight excluding hydrogens is 358 g/mol. The average molecular weight is 410 g/mol. The third kappa shape index (κ3) is 16.5. The molecule has 0 heterocycles. The summed E-state index contributed by atoms with van der Waals surface area (Å²) in [6.45, 7) is 6.83. The van der Waals surface area contributed by atoms with E-state index < -0.39 is 8.24 Å². The van der Waals surface area contributed by atoms with Crippen molar-refractivity contribution < 1.29 is 4.79 Å². The zero-order valence-corrected chi connectivity index (χ0v) is 20.7. The third-order valence-corrected chi connectivity index (χ3v) is 10.7. The molecule has 0 aromatic heterocycles. The van der Waals surface area contributed by atoms with Gasteiger partial charge in [-0.05, 0) is 18.1 Å². The van der Waals surface area contributed by atoms with Crippen LogP contribution in [-0.2, 0) is 4.79 Å². The van der Waals surface area contributed by atoms with Crippen LogP contribution in [0.2, 0.25) is 18.1 Å². The molecule has 0 rings (SSSR count). The maximum atomic E-state index is 11.3. The fourth-order valence-electron chi connectivity index (χ4n) is 4.34. The molecule has 0 radical (unpaired) electrons. The first kappa shape index (κ1) is 27.6. The van der Waals surface area contributed by atoms with Gasteiger partial charge in [-0.25, -0.2) is 9.45 Å². The van der Waals surface area contributed by atoms with Crippen LogP contribution in [0.25, 0.3) is 0 Å².